The zero-order valence-electron chi connectivity index (χ0n) is 9.50. The lowest BCUT2D eigenvalue weighted by Crippen LogP contribution is -2.57. The second kappa shape index (κ2) is 4.35. The van der Waals surface area contributed by atoms with Crippen LogP contribution >= 0.6 is 11.3 Å². The number of rotatable bonds is 3. The monoisotopic (exact) mass is 272 g/mol. The minimum absolute atomic E-state index is 0.101. The molecule has 0 spiro atoms. The summed E-state index contributed by atoms with van der Waals surface area (Å²) in [5.74, 6) is 0.523. The first-order valence-corrected chi connectivity index (χ1v) is 8.30. The number of hydrogen-bond acceptors (Lipinski definition) is 4. The fourth-order valence-corrected chi connectivity index (χ4v) is 5.08. The summed E-state index contributed by atoms with van der Waals surface area (Å²) in [7, 11) is -3.30. The van der Waals surface area contributed by atoms with Crippen molar-refractivity contribution in [3.63, 3.8) is 0 Å². The van der Waals surface area contributed by atoms with E-state index >= 15 is 0 Å². The van der Waals surface area contributed by atoms with Crippen LogP contribution in [-0.2, 0) is 10.0 Å². The molecule has 94 valence electrons. The molecule has 4 nitrogen and oxygen atoms in total. The third-order valence-electron chi connectivity index (χ3n) is 3.72. The maximum Gasteiger partial charge on any atom is 0.250 e. The van der Waals surface area contributed by atoms with Crippen LogP contribution in [0.15, 0.2) is 21.7 Å². The van der Waals surface area contributed by atoms with Gasteiger partial charge < -0.3 is 4.90 Å². The molecule has 3 fully saturated rings. The molecule has 4 heterocycles. The number of fused-ring (bicyclic) bond motifs is 3. The SMILES string of the molecule is O=S(=O)(NC1CN2CCC1CC2)c1cccs1. The lowest BCUT2D eigenvalue weighted by molar-refractivity contribution is 0.0827. The maximum atomic E-state index is 12.1. The third-order valence-corrected chi connectivity index (χ3v) is 6.61. The highest BCUT2D eigenvalue weighted by molar-refractivity contribution is 7.91. The lowest BCUT2D eigenvalue weighted by atomic mass is 9.85. The van der Waals surface area contributed by atoms with E-state index < -0.39 is 10.0 Å². The fourth-order valence-electron chi connectivity index (χ4n) is 2.77. The van der Waals surface area contributed by atoms with Crippen LogP contribution in [0.5, 0.6) is 0 Å². The Morgan fingerprint density at radius 3 is 2.65 bits per heavy atom. The zero-order chi connectivity index (χ0) is 11.9. The highest BCUT2D eigenvalue weighted by Gasteiger charge is 2.36. The highest BCUT2D eigenvalue weighted by atomic mass is 32.2. The summed E-state index contributed by atoms with van der Waals surface area (Å²) in [6, 6.07) is 3.54. The average Bonchev–Trinajstić information content (AvgIpc) is 2.84. The van der Waals surface area contributed by atoms with Gasteiger partial charge in [0.15, 0.2) is 0 Å². The van der Waals surface area contributed by atoms with Gasteiger partial charge in [-0.1, -0.05) is 6.07 Å². The molecule has 3 aliphatic rings. The zero-order valence-corrected chi connectivity index (χ0v) is 11.1. The second-order valence-electron chi connectivity index (χ2n) is 4.80. The Bertz CT molecular complexity index is 476. The molecule has 17 heavy (non-hydrogen) atoms. The van der Waals surface area contributed by atoms with Gasteiger partial charge in [-0.15, -0.1) is 11.3 Å². The Morgan fingerprint density at radius 2 is 2.12 bits per heavy atom. The van der Waals surface area contributed by atoms with E-state index in [2.05, 4.69) is 9.62 Å². The van der Waals surface area contributed by atoms with Gasteiger partial charge in [-0.05, 0) is 43.3 Å². The van der Waals surface area contributed by atoms with Crippen molar-refractivity contribution in [1.29, 1.82) is 0 Å². The number of nitrogens with zero attached hydrogens (tertiary/aromatic N) is 1. The lowest BCUT2D eigenvalue weighted by Gasteiger charge is -2.44. The van der Waals surface area contributed by atoms with Crippen molar-refractivity contribution in [2.45, 2.75) is 23.1 Å². The van der Waals surface area contributed by atoms with Crippen LogP contribution in [0, 0.1) is 5.92 Å². The quantitative estimate of drug-likeness (QED) is 0.897. The van der Waals surface area contributed by atoms with Crippen LogP contribution in [0.3, 0.4) is 0 Å². The Balaban J connectivity index is 1.75. The molecule has 3 aliphatic heterocycles. The summed E-state index contributed by atoms with van der Waals surface area (Å²) in [4.78, 5) is 2.35. The normalized spacial score (nSPS) is 32.8. The average molecular weight is 272 g/mol. The van der Waals surface area contributed by atoms with Gasteiger partial charge >= 0.3 is 0 Å². The minimum atomic E-state index is -3.30. The van der Waals surface area contributed by atoms with E-state index in [-0.39, 0.29) is 6.04 Å². The van der Waals surface area contributed by atoms with E-state index in [9.17, 15) is 8.42 Å². The molecule has 0 radical (unpaired) electrons. The van der Waals surface area contributed by atoms with Crippen LogP contribution < -0.4 is 4.72 Å². The molecule has 0 saturated carbocycles. The molecule has 2 bridgehead atoms. The van der Waals surface area contributed by atoms with Gasteiger partial charge in [-0.3, -0.25) is 0 Å². The van der Waals surface area contributed by atoms with E-state index in [1.807, 2.05) is 0 Å². The van der Waals surface area contributed by atoms with Gasteiger partial charge in [0.25, 0.3) is 0 Å². The predicted octanol–water partition coefficient (Wildman–Crippen LogP) is 1.12. The van der Waals surface area contributed by atoms with Crippen molar-refractivity contribution in [2.75, 3.05) is 19.6 Å². The number of thiophene rings is 1. The van der Waals surface area contributed by atoms with Gasteiger partial charge in [0.05, 0.1) is 0 Å². The Labute approximate surface area is 106 Å². The van der Waals surface area contributed by atoms with Gasteiger partial charge in [0.1, 0.15) is 4.21 Å². The van der Waals surface area contributed by atoms with Crippen LogP contribution in [0.25, 0.3) is 0 Å². The van der Waals surface area contributed by atoms with E-state index in [0.29, 0.717) is 10.1 Å². The van der Waals surface area contributed by atoms with Gasteiger partial charge in [-0.25, -0.2) is 13.1 Å². The van der Waals surface area contributed by atoms with Crippen molar-refractivity contribution >= 4 is 21.4 Å². The summed E-state index contributed by atoms with van der Waals surface area (Å²) in [5.41, 5.74) is 0. The van der Waals surface area contributed by atoms with Gasteiger partial charge in [-0.2, -0.15) is 0 Å². The maximum absolute atomic E-state index is 12.1. The van der Waals surface area contributed by atoms with Crippen molar-refractivity contribution in [2.24, 2.45) is 5.92 Å². The van der Waals surface area contributed by atoms with Crippen LogP contribution in [0.1, 0.15) is 12.8 Å². The summed E-state index contributed by atoms with van der Waals surface area (Å²) in [5, 5.41) is 1.80. The fraction of sp³-hybridized carbons (Fsp3) is 0.636. The molecule has 1 atom stereocenters. The van der Waals surface area contributed by atoms with Crippen LogP contribution in [-0.4, -0.2) is 39.0 Å². The first-order valence-electron chi connectivity index (χ1n) is 5.93. The molecule has 0 amide bonds. The van der Waals surface area contributed by atoms with Crippen molar-refractivity contribution in [3.05, 3.63) is 17.5 Å². The predicted molar refractivity (Wildman–Crippen MR) is 67.6 cm³/mol. The van der Waals surface area contributed by atoms with Crippen molar-refractivity contribution < 1.29 is 8.42 Å². The Hall–Kier alpha value is -0.430. The number of sulfonamides is 1. The minimum Gasteiger partial charge on any atom is -0.302 e. The first-order chi connectivity index (χ1) is 8.15. The van der Waals surface area contributed by atoms with E-state index in [4.69, 9.17) is 0 Å². The highest BCUT2D eigenvalue weighted by Crippen LogP contribution is 2.29. The van der Waals surface area contributed by atoms with Crippen molar-refractivity contribution in [3.8, 4) is 0 Å². The molecular weight excluding hydrogens is 256 g/mol. The summed E-state index contributed by atoms with van der Waals surface area (Å²) >= 11 is 1.27. The molecule has 1 aromatic heterocycles. The second-order valence-corrected chi connectivity index (χ2v) is 7.69. The molecular formula is C11H16N2O2S2. The summed E-state index contributed by atoms with van der Waals surface area (Å²) < 4.78 is 27.5. The molecule has 6 heteroatoms. The van der Waals surface area contributed by atoms with Crippen molar-refractivity contribution in [1.82, 2.24) is 9.62 Å². The molecule has 0 aliphatic carbocycles. The molecule has 3 saturated heterocycles. The number of piperidine rings is 3. The molecule has 1 unspecified atom stereocenters. The third kappa shape index (κ3) is 2.27. The van der Waals surface area contributed by atoms with E-state index in [1.54, 1.807) is 17.5 Å². The smallest absolute Gasteiger partial charge is 0.250 e. The number of nitrogens with one attached hydrogen (secondary N) is 1. The topological polar surface area (TPSA) is 49.4 Å². The first kappa shape index (κ1) is 11.6. The standard InChI is InChI=1S/C11H16N2O2S2/c14-17(15,11-2-1-7-16-11)12-10-8-13-5-3-9(10)4-6-13/h1-2,7,9-10,12H,3-6,8H2. The van der Waals surface area contributed by atoms with Gasteiger partial charge in [0.2, 0.25) is 10.0 Å². The molecule has 1 aromatic rings. The molecule has 0 aromatic carbocycles. The van der Waals surface area contributed by atoms with E-state index in [1.165, 1.54) is 11.3 Å². The van der Waals surface area contributed by atoms with Gasteiger partial charge in [0, 0.05) is 12.6 Å². The summed E-state index contributed by atoms with van der Waals surface area (Å²) in [6.07, 6.45) is 2.25. The Morgan fingerprint density at radius 1 is 1.35 bits per heavy atom. The number of hydrogen-bond donors (Lipinski definition) is 1. The van der Waals surface area contributed by atoms with Crippen LogP contribution in [0.4, 0.5) is 0 Å². The summed E-state index contributed by atoms with van der Waals surface area (Å²) in [6.45, 7) is 3.12. The molecule has 4 rings (SSSR count). The largest absolute Gasteiger partial charge is 0.302 e. The van der Waals surface area contributed by atoms with Crippen LogP contribution in [0.2, 0.25) is 0 Å². The van der Waals surface area contributed by atoms with E-state index in [0.717, 1.165) is 32.5 Å². The Kier molecular flexibility index (Phi) is 2.98. The molecule has 1 N–H and O–H groups in total.